The van der Waals surface area contributed by atoms with Crippen LogP contribution in [-0.2, 0) is 4.79 Å². The number of rotatable bonds is 4. The third-order valence-electron chi connectivity index (χ3n) is 3.71. The van der Waals surface area contributed by atoms with E-state index in [4.69, 9.17) is 5.11 Å². The molecule has 2 saturated heterocycles. The molecule has 4 heteroatoms. The van der Waals surface area contributed by atoms with Crippen molar-refractivity contribution < 1.29 is 9.90 Å². The predicted molar refractivity (Wildman–Crippen MR) is 62.1 cm³/mol. The molecule has 0 saturated carbocycles. The molecule has 2 heterocycles. The van der Waals surface area contributed by atoms with Crippen LogP contribution in [0.1, 0.15) is 25.7 Å². The predicted octanol–water partition coefficient (Wildman–Crippen LogP) is 0.313. The van der Waals surface area contributed by atoms with E-state index in [9.17, 15) is 4.79 Å². The van der Waals surface area contributed by atoms with Crippen molar-refractivity contribution in [2.45, 2.75) is 25.7 Å². The number of amides is 1. The van der Waals surface area contributed by atoms with E-state index in [1.54, 1.807) is 0 Å². The molecule has 0 aliphatic carbocycles. The van der Waals surface area contributed by atoms with Crippen molar-refractivity contribution in [3.8, 4) is 0 Å². The lowest BCUT2D eigenvalue weighted by Gasteiger charge is -2.36. The summed E-state index contributed by atoms with van der Waals surface area (Å²) in [5.41, 5.74) is 0. The molecule has 92 valence electrons. The molecule has 1 atom stereocenters. The Labute approximate surface area is 97.2 Å². The highest BCUT2D eigenvalue weighted by Crippen LogP contribution is 2.19. The fourth-order valence-corrected chi connectivity index (χ4v) is 2.57. The van der Waals surface area contributed by atoms with Gasteiger partial charge in [-0.2, -0.15) is 0 Å². The standard InChI is InChI=1S/C12H22N2O2/c15-8-4-11-3-1-5-13(9-11)10-12(16)14-6-2-7-14/h11,15H,1-10H2. The van der Waals surface area contributed by atoms with E-state index in [1.165, 1.54) is 12.8 Å². The number of carbonyl (C=O) groups is 1. The van der Waals surface area contributed by atoms with Gasteiger partial charge in [0.15, 0.2) is 0 Å². The van der Waals surface area contributed by atoms with Gasteiger partial charge < -0.3 is 10.0 Å². The maximum absolute atomic E-state index is 11.8. The zero-order chi connectivity index (χ0) is 11.4. The van der Waals surface area contributed by atoms with Gasteiger partial charge in [0.2, 0.25) is 5.91 Å². The molecular weight excluding hydrogens is 204 g/mol. The molecule has 2 rings (SSSR count). The molecule has 0 spiro atoms. The van der Waals surface area contributed by atoms with Crippen LogP contribution in [0.5, 0.6) is 0 Å². The minimum absolute atomic E-state index is 0.276. The van der Waals surface area contributed by atoms with Gasteiger partial charge in [-0.3, -0.25) is 9.69 Å². The minimum Gasteiger partial charge on any atom is -0.396 e. The second-order valence-electron chi connectivity index (χ2n) is 4.99. The van der Waals surface area contributed by atoms with Gasteiger partial charge in [0, 0.05) is 26.2 Å². The molecule has 0 aromatic rings. The number of aliphatic hydroxyl groups excluding tert-OH is 1. The van der Waals surface area contributed by atoms with Gasteiger partial charge in [0.05, 0.1) is 6.54 Å². The topological polar surface area (TPSA) is 43.8 Å². The highest BCUT2D eigenvalue weighted by molar-refractivity contribution is 5.78. The van der Waals surface area contributed by atoms with Crippen LogP contribution in [0.15, 0.2) is 0 Å². The van der Waals surface area contributed by atoms with Gasteiger partial charge >= 0.3 is 0 Å². The lowest BCUT2D eigenvalue weighted by atomic mass is 9.95. The summed E-state index contributed by atoms with van der Waals surface area (Å²) in [5.74, 6) is 0.874. The van der Waals surface area contributed by atoms with Crippen molar-refractivity contribution in [2.24, 2.45) is 5.92 Å². The summed E-state index contributed by atoms with van der Waals surface area (Å²) >= 11 is 0. The van der Waals surface area contributed by atoms with Crippen molar-refractivity contribution in [1.29, 1.82) is 0 Å². The maximum Gasteiger partial charge on any atom is 0.236 e. The Hall–Kier alpha value is -0.610. The van der Waals surface area contributed by atoms with E-state index in [2.05, 4.69) is 4.90 Å². The number of likely N-dealkylation sites (tertiary alicyclic amines) is 2. The fraction of sp³-hybridized carbons (Fsp3) is 0.917. The molecule has 1 amide bonds. The highest BCUT2D eigenvalue weighted by Gasteiger charge is 2.25. The smallest absolute Gasteiger partial charge is 0.236 e. The summed E-state index contributed by atoms with van der Waals surface area (Å²) in [7, 11) is 0. The largest absolute Gasteiger partial charge is 0.396 e. The molecule has 0 aromatic carbocycles. The number of carbonyl (C=O) groups excluding carboxylic acids is 1. The summed E-state index contributed by atoms with van der Waals surface area (Å²) in [4.78, 5) is 16.0. The number of hydrogen-bond donors (Lipinski definition) is 1. The average Bonchev–Trinajstić information content (AvgIpc) is 2.15. The van der Waals surface area contributed by atoms with Gasteiger partial charge in [-0.15, -0.1) is 0 Å². The van der Waals surface area contributed by atoms with Crippen molar-refractivity contribution in [3.05, 3.63) is 0 Å². The Balaban J connectivity index is 1.73. The van der Waals surface area contributed by atoms with Crippen LogP contribution in [0.25, 0.3) is 0 Å². The van der Waals surface area contributed by atoms with Crippen LogP contribution in [0.3, 0.4) is 0 Å². The quantitative estimate of drug-likeness (QED) is 0.750. The Morgan fingerprint density at radius 1 is 1.25 bits per heavy atom. The third kappa shape index (κ3) is 2.95. The summed E-state index contributed by atoms with van der Waals surface area (Å²) in [6.45, 7) is 4.79. The van der Waals surface area contributed by atoms with Crippen molar-refractivity contribution in [2.75, 3.05) is 39.3 Å². The molecule has 0 bridgehead atoms. The zero-order valence-corrected chi connectivity index (χ0v) is 9.90. The van der Waals surface area contributed by atoms with E-state index < -0.39 is 0 Å². The molecule has 2 aliphatic rings. The summed E-state index contributed by atoms with van der Waals surface area (Å²) in [5, 5.41) is 8.93. The van der Waals surface area contributed by atoms with Crippen LogP contribution in [0, 0.1) is 5.92 Å². The second kappa shape index (κ2) is 5.64. The van der Waals surface area contributed by atoms with Crippen LogP contribution in [-0.4, -0.2) is 60.1 Å². The van der Waals surface area contributed by atoms with Crippen LogP contribution < -0.4 is 0 Å². The van der Waals surface area contributed by atoms with E-state index in [-0.39, 0.29) is 12.5 Å². The summed E-state index contributed by atoms with van der Waals surface area (Å²) < 4.78 is 0. The Morgan fingerprint density at radius 2 is 2.06 bits per heavy atom. The first-order valence-electron chi connectivity index (χ1n) is 6.40. The van der Waals surface area contributed by atoms with Crippen LogP contribution in [0.4, 0.5) is 0 Å². The molecule has 1 N–H and O–H groups in total. The number of nitrogens with zero attached hydrogens (tertiary/aromatic N) is 2. The SMILES string of the molecule is O=C(CN1CCCC(CCO)C1)N1CCC1. The maximum atomic E-state index is 11.8. The first-order chi connectivity index (χ1) is 7.79. The van der Waals surface area contributed by atoms with Gasteiger partial charge in [0.25, 0.3) is 0 Å². The second-order valence-corrected chi connectivity index (χ2v) is 4.99. The molecule has 4 nitrogen and oxygen atoms in total. The van der Waals surface area contributed by atoms with E-state index in [0.29, 0.717) is 12.5 Å². The Morgan fingerprint density at radius 3 is 2.69 bits per heavy atom. The van der Waals surface area contributed by atoms with E-state index >= 15 is 0 Å². The van der Waals surface area contributed by atoms with Gasteiger partial charge in [-0.25, -0.2) is 0 Å². The molecule has 1 unspecified atom stereocenters. The van der Waals surface area contributed by atoms with E-state index in [1.807, 2.05) is 4.90 Å². The van der Waals surface area contributed by atoms with Gasteiger partial charge in [-0.1, -0.05) is 0 Å². The normalized spacial score (nSPS) is 26.6. The van der Waals surface area contributed by atoms with Gasteiger partial charge in [-0.05, 0) is 38.1 Å². The fourth-order valence-electron chi connectivity index (χ4n) is 2.57. The van der Waals surface area contributed by atoms with Crippen LogP contribution >= 0.6 is 0 Å². The molecule has 2 aliphatic heterocycles. The third-order valence-corrected chi connectivity index (χ3v) is 3.71. The van der Waals surface area contributed by atoms with Crippen LogP contribution in [0.2, 0.25) is 0 Å². The number of piperidine rings is 1. The highest BCUT2D eigenvalue weighted by atomic mass is 16.3. The first-order valence-corrected chi connectivity index (χ1v) is 6.40. The molecule has 0 aromatic heterocycles. The summed E-state index contributed by atoms with van der Waals surface area (Å²) in [6, 6.07) is 0. The van der Waals surface area contributed by atoms with Crippen molar-refractivity contribution in [1.82, 2.24) is 9.80 Å². The monoisotopic (exact) mass is 226 g/mol. The number of hydrogen-bond acceptors (Lipinski definition) is 3. The lowest BCUT2D eigenvalue weighted by molar-refractivity contribution is -0.136. The molecule has 2 fully saturated rings. The first kappa shape index (κ1) is 11.9. The Kier molecular flexibility index (Phi) is 4.18. The molecular formula is C12H22N2O2. The minimum atomic E-state index is 0.276. The van der Waals surface area contributed by atoms with Crippen molar-refractivity contribution in [3.63, 3.8) is 0 Å². The zero-order valence-electron chi connectivity index (χ0n) is 9.90. The molecule has 16 heavy (non-hydrogen) atoms. The summed E-state index contributed by atoms with van der Waals surface area (Å²) in [6.07, 6.45) is 4.42. The average molecular weight is 226 g/mol. The van der Waals surface area contributed by atoms with Gasteiger partial charge in [0.1, 0.15) is 0 Å². The Bertz CT molecular complexity index is 239. The lowest BCUT2D eigenvalue weighted by Crippen LogP contribution is -2.49. The van der Waals surface area contributed by atoms with E-state index in [0.717, 1.165) is 39.0 Å². The number of aliphatic hydroxyl groups is 1. The molecule has 0 radical (unpaired) electrons. The van der Waals surface area contributed by atoms with Crippen molar-refractivity contribution >= 4 is 5.91 Å².